The Morgan fingerprint density at radius 2 is 1.97 bits per heavy atom. The number of rotatable bonds is 9. The van der Waals surface area contributed by atoms with Crippen LogP contribution in [0.5, 0.6) is 0 Å². The molecule has 0 unspecified atom stereocenters. The maximum atomic E-state index is 13.5. The first-order chi connectivity index (χ1) is 14.2. The SMILES string of the molecule is CCOCCCNC(=O)c1cccc(Nc2cc(-c3cccc(F)c3)ncn2)c1. The zero-order chi connectivity index (χ0) is 20.5. The molecule has 0 saturated heterocycles. The van der Waals surface area contributed by atoms with E-state index in [2.05, 4.69) is 20.6 Å². The van der Waals surface area contributed by atoms with Crippen molar-refractivity contribution in [1.82, 2.24) is 15.3 Å². The molecule has 0 saturated carbocycles. The molecule has 1 amide bonds. The van der Waals surface area contributed by atoms with Crippen molar-refractivity contribution in [1.29, 1.82) is 0 Å². The van der Waals surface area contributed by atoms with Crippen LogP contribution < -0.4 is 10.6 Å². The Labute approximate surface area is 169 Å². The van der Waals surface area contributed by atoms with Crippen molar-refractivity contribution in [2.24, 2.45) is 0 Å². The van der Waals surface area contributed by atoms with Gasteiger partial charge in [0.15, 0.2) is 0 Å². The zero-order valence-corrected chi connectivity index (χ0v) is 16.2. The van der Waals surface area contributed by atoms with E-state index in [-0.39, 0.29) is 11.7 Å². The molecule has 3 aromatic rings. The topological polar surface area (TPSA) is 76.1 Å². The van der Waals surface area contributed by atoms with Gasteiger partial charge in [-0.2, -0.15) is 0 Å². The standard InChI is InChI=1S/C22H23FN4O2/c1-2-29-11-5-10-24-22(28)17-7-4-9-19(13-17)27-21-14-20(25-15-26-21)16-6-3-8-18(23)12-16/h3-4,6-9,12-15H,2,5,10-11H2,1H3,(H,24,28)(H,25,26,27). The number of ether oxygens (including phenoxy) is 1. The first-order valence-corrected chi connectivity index (χ1v) is 9.46. The second kappa shape index (κ2) is 10.3. The van der Waals surface area contributed by atoms with Crippen LogP contribution in [0.1, 0.15) is 23.7 Å². The highest BCUT2D eigenvalue weighted by Gasteiger charge is 2.07. The van der Waals surface area contributed by atoms with Crippen LogP contribution in [0, 0.1) is 5.82 Å². The predicted octanol–water partition coefficient (Wildman–Crippen LogP) is 4.18. The van der Waals surface area contributed by atoms with Gasteiger partial charge < -0.3 is 15.4 Å². The molecule has 3 rings (SSSR count). The quantitative estimate of drug-likeness (QED) is 0.533. The maximum Gasteiger partial charge on any atom is 0.251 e. The molecule has 0 radical (unpaired) electrons. The molecular formula is C22H23FN4O2. The molecule has 2 N–H and O–H groups in total. The van der Waals surface area contributed by atoms with Crippen LogP contribution >= 0.6 is 0 Å². The summed E-state index contributed by atoms with van der Waals surface area (Å²) in [5, 5.41) is 6.04. The normalized spacial score (nSPS) is 10.6. The Hall–Kier alpha value is -3.32. The second-order valence-electron chi connectivity index (χ2n) is 6.31. The summed E-state index contributed by atoms with van der Waals surface area (Å²) in [5.74, 6) is 0.0809. The van der Waals surface area contributed by atoms with Crippen molar-refractivity contribution < 1.29 is 13.9 Å². The summed E-state index contributed by atoms with van der Waals surface area (Å²) >= 11 is 0. The van der Waals surface area contributed by atoms with Crippen molar-refractivity contribution in [3.8, 4) is 11.3 Å². The highest BCUT2D eigenvalue weighted by Crippen LogP contribution is 2.22. The summed E-state index contributed by atoms with van der Waals surface area (Å²) in [7, 11) is 0. The lowest BCUT2D eigenvalue weighted by Gasteiger charge is -2.10. The van der Waals surface area contributed by atoms with E-state index in [0.29, 0.717) is 42.4 Å². The molecule has 0 atom stereocenters. The minimum absolute atomic E-state index is 0.145. The van der Waals surface area contributed by atoms with E-state index in [0.717, 1.165) is 12.1 Å². The number of nitrogens with one attached hydrogen (secondary N) is 2. The summed E-state index contributed by atoms with van der Waals surface area (Å²) in [6, 6.07) is 15.1. The van der Waals surface area contributed by atoms with E-state index in [4.69, 9.17) is 4.74 Å². The first-order valence-electron chi connectivity index (χ1n) is 9.46. The average Bonchev–Trinajstić information content (AvgIpc) is 2.74. The van der Waals surface area contributed by atoms with E-state index in [1.807, 2.05) is 13.0 Å². The van der Waals surface area contributed by atoms with Gasteiger partial charge in [0, 0.05) is 42.6 Å². The average molecular weight is 394 g/mol. The molecule has 0 fully saturated rings. The van der Waals surface area contributed by atoms with Crippen molar-refractivity contribution in [2.45, 2.75) is 13.3 Å². The van der Waals surface area contributed by atoms with Crippen molar-refractivity contribution in [2.75, 3.05) is 25.1 Å². The molecule has 0 aliphatic carbocycles. The molecule has 0 spiro atoms. The van der Waals surface area contributed by atoms with Crippen molar-refractivity contribution in [3.05, 3.63) is 72.3 Å². The van der Waals surface area contributed by atoms with Gasteiger partial charge in [-0.1, -0.05) is 18.2 Å². The predicted molar refractivity (Wildman–Crippen MR) is 111 cm³/mol. The fraction of sp³-hybridized carbons (Fsp3) is 0.227. The summed E-state index contributed by atoms with van der Waals surface area (Å²) in [6.07, 6.45) is 2.18. The summed E-state index contributed by atoms with van der Waals surface area (Å²) in [4.78, 5) is 20.7. The molecular weight excluding hydrogens is 371 g/mol. The van der Waals surface area contributed by atoms with Gasteiger partial charge >= 0.3 is 0 Å². The van der Waals surface area contributed by atoms with E-state index in [9.17, 15) is 9.18 Å². The Morgan fingerprint density at radius 1 is 1.10 bits per heavy atom. The summed E-state index contributed by atoms with van der Waals surface area (Å²) in [5.41, 5.74) is 2.53. The number of benzene rings is 2. The number of aromatic nitrogens is 2. The van der Waals surface area contributed by atoms with Gasteiger partial charge in [-0.15, -0.1) is 0 Å². The molecule has 1 aromatic heterocycles. The lowest BCUT2D eigenvalue weighted by molar-refractivity contribution is 0.0944. The number of nitrogens with zero attached hydrogens (tertiary/aromatic N) is 2. The highest BCUT2D eigenvalue weighted by atomic mass is 19.1. The number of carbonyl (C=O) groups excluding carboxylic acids is 1. The Balaban J connectivity index is 1.66. The largest absolute Gasteiger partial charge is 0.382 e. The summed E-state index contributed by atoms with van der Waals surface area (Å²) < 4.78 is 18.7. The molecule has 0 bridgehead atoms. The van der Waals surface area contributed by atoms with Crippen molar-refractivity contribution >= 4 is 17.4 Å². The molecule has 0 aliphatic rings. The van der Waals surface area contributed by atoms with Crippen LogP contribution in [-0.4, -0.2) is 35.6 Å². The Morgan fingerprint density at radius 3 is 2.79 bits per heavy atom. The van der Waals surface area contributed by atoms with Gasteiger partial charge in [-0.05, 0) is 43.7 Å². The molecule has 2 aromatic carbocycles. The van der Waals surface area contributed by atoms with Crippen LogP contribution in [-0.2, 0) is 4.74 Å². The third-order valence-corrected chi connectivity index (χ3v) is 4.14. The van der Waals surface area contributed by atoms with Gasteiger partial charge in [0.05, 0.1) is 5.69 Å². The van der Waals surface area contributed by atoms with Crippen LogP contribution in [0.15, 0.2) is 60.9 Å². The molecule has 7 heteroatoms. The minimum atomic E-state index is -0.324. The number of halogens is 1. The highest BCUT2D eigenvalue weighted by molar-refractivity contribution is 5.95. The molecule has 150 valence electrons. The van der Waals surface area contributed by atoms with Crippen LogP contribution in [0.3, 0.4) is 0 Å². The maximum absolute atomic E-state index is 13.5. The number of carbonyl (C=O) groups is 1. The van der Waals surface area contributed by atoms with Crippen LogP contribution in [0.4, 0.5) is 15.9 Å². The molecule has 1 heterocycles. The number of hydrogen-bond donors (Lipinski definition) is 2. The molecule has 0 aliphatic heterocycles. The molecule has 29 heavy (non-hydrogen) atoms. The second-order valence-corrected chi connectivity index (χ2v) is 6.31. The fourth-order valence-electron chi connectivity index (χ4n) is 2.74. The molecule has 6 nitrogen and oxygen atoms in total. The van der Waals surface area contributed by atoms with E-state index in [1.54, 1.807) is 36.4 Å². The smallest absolute Gasteiger partial charge is 0.251 e. The number of hydrogen-bond acceptors (Lipinski definition) is 5. The van der Waals surface area contributed by atoms with Gasteiger partial charge in [0.25, 0.3) is 5.91 Å². The third kappa shape index (κ3) is 6.08. The Kier molecular flexibility index (Phi) is 7.24. The van der Waals surface area contributed by atoms with Gasteiger partial charge in [-0.25, -0.2) is 14.4 Å². The van der Waals surface area contributed by atoms with E-state index >= 15 is 0 Å². The zero-order valence-electron chi connectivity index (χ0n) is 16.2. The van der Waals surface area contributed by atoms with E-state index < -0.39 is 0 Å². The lowest BCUT2D eigenvalue weighted by atomic mass is 10.1. The summed E-state index contributed by atoms with van der Waals surface area (Å²) in [6.45, 7) is 3.79. The van der Waals surface area contributed by atoms with Gasteiger partial charge in [-0.3, -0.25) is 4.79 Å². The fourth-order valence-corrected chi connectivity index (χ4v) is 2.74. The lowest BCUT2D eigenvalue weighted by Crippen LogP contribution is -2.25. The van der Waals surface area contributed by atoms with Gasteiger partial charge in [0.1, 0.15) is 18.0 Å². The monoisotopic (exact) mass is 394 g/mol. The van der Waals surface area contributed by atoms with Crippen LogP contribution in [0.2, 0.25) is 0 Å². The van der Waals surface area contributed by atoms with Gasteiger partial charge in [0.2, 0.25) is 0 Å². The van der Waals surface area contributed by atoms with Crippen LogP contribution in [0.25, 0.3) is 11.3 Å². The Bertz CT molecular complexity index is 965. The third-order valence-electron chi connectivity index (χ3n) is 4.14. The minimum Gasteiger partial charge on any atom is -0.382 e. The first kappa shape index (κ1) is 20.4. The number of amides is 1. The number of anilines is 2. The van der Waals surface area contributed by atoms with Crippen molar-refractivity contribution in [3.63, 3.8) is 0 Å². The van der Waals surface area contributed by atoms with E-state index in [1.165, 1.54) is 18.5 Å².